The van der Waals surface area contributed by atoms with Gasteiger partial charge in [-0.25, -0.2) is 0 Å². The maximum absolute atomic E-state index is 12.0. The Balaban J connectivity index is 2.27. The Labute approximate surface area is 121 Å². The molecule has 1 unspecified atom stereocenters. The second-order valence-corrected chi connectivity index (χ2v) is 5.90. The summed E-state index contributed by atoms with van der Waals surface area (Å²) in [6, 6.07) is 0. The number of carbonyl (C=O) groups is 2. The van der Waals surface area contributed by atoms with Crippen LogP contribution in [0.25, 0.3) is 0 Å². The maximum Gasteiger partial charge on any atom is 0.225 e. The first kappa shape index (κ1) is 17.0. The highest BCUT2D eigenvalue weighted by Crippen LogP contribution is 2.19. The van der Waals surface area contributed by atoms with E-state index in [1.807, 2.05) is 25.7 Å². The second kappa shape index (κ2) is 8.25. The highest BCUT2D eigenvalue weighted by atomic mass is 16.3. The number of carbonyl (C=O) groups excluding carboxylic acids is 2. The van der Waals surface area contributed by atoms with E-state index in [1.54, 1.807) is 0 Å². The van der Waals surface area contributed by atoms with Gasteiger partial charge in [0, 0.05) is 31.5 Å². The van der Waals surface area contributed by atoms with Crippen LogP contribution in [-0.2, 0) is 9.59 Å². The van der Waals surface area contributed by atoms with E-state index in [9.17, 15) is 14.7 Å². The molecule has 0 aromatic heterocycles. The van der Waals surface area contributed by atoms with Gasteiger partial charge in [0.2, 0.25) is 11.8 Å². The van der Waals surface area contributed by atoms with Gasteiger partial charge in [-0.15, -0.1) is 0 Å². The Morgan fingerprint density at radius 2 is 1.90 bits per heavy atom. The van der Waals surface area contributed by atoms with E-state index in [0.29, 0.717) is 32.5 Å². The van der Waals surface area contributed by atoms with Crippen molar-refractivity contribution in [2.75, 3.05) is 19.6 Å². The first-order valence-electron chi connectivity index (χ1n) is 7.70. The third-order valence-electron chi connectivity index (χ3n) is 3.92. The summed E-state index contributed by atoms with van der Waals surface area (Å²) in [5.74, 6) is 0.265. The van der Waals surface area contributed by atoms with E-state index in [4.69, 9.17) is 0 Å². The number of aliphatic hydroxyl groups excluding tert-OH is 1. The average Bonchev–Trinajstić information content (AvgIpc) is 2.46. The number of aliphatic hydroxyl groups is 1. The van der Waals surface area contributed by atoms with Crippen LogP contribution in [0.3, 0.4) is 0 Å². The van der Waals surface area contributed by atoms with Crippen molar-refractivity contribution in [1.82, 2.24) is 10.2 Å². The molecule has 116 valence electrons. The lowest BCUT2D eigenvalue weighted by Crippen LogP contribution is -2.44. The first-order chi connectivity index (χ1) is 9.45. The van der Waals surface area contributed by atoms with Gasteiger partial charge in [0.15, 0.2) is 0 Å². The molecule has 0 aromatic rings. The van der Waals surface area contributed by atoms with Crippen LogP contribution in [0.4, 0.5) is 0 Å². The van der Waals surface area contributed by atoms with Crippen LogP contribution in [0.15, 0.2) is 0 Å². The molecule has 0 spiro atoms. The number of hydrogen-bond donors (Lipinski definition) is 2. The lowest BCUT2D eigenvalue weighted by Gasteiger charge is -2.32. The van der Waals surface area contributed by atoms with Gasteiger partial charge < -0.3 is 15.3 Å². The van der Waals surface area contributed by atoms with Gasteiger partial charge in [-0.1, -0.05) is 20.8 Å². The van der Waals surface area contributed by atoms with Crippen LogP contribution in [0.5, 0.6) is 0 Å². The van der Waals surface area contributed by atoms with E-state index in [-0.39, 0.29) is 29.8 Å². The molecule has 1 aliphatic heterocycles. The number of piperidine rings is 1. The number of likely N-dealkylation sites (tertiary alicyclic amines) is 1. The van der Waals surface area contributed by atoms with Crippen molar-refractivity contribution in [3.63, 3.8) is 0 Å². The van der Waals surface area contributed by atoms with Crippen LogP contribution < -0.4 is 5.32 Å². The highest BCUT2D eigenvalue weighted by molar-refractivity contribution is 5.80. The van der Waals surface area contributed by atoms with Crippen LogP contribution in [0.2, 0.25) is 0 Å². The minimum absolute atomic E-state index is 0.00461. The van der Waals surface area contributed by atoms with Gasteiger partial charge in [-0.05, 0) is 25.7 Å². The molecule has 20 heavy (non-hydrogen) atoms. The summed E-state index contributed by atoms with van der Waals surface area (Å²) in [5, 5.41) is 12.3. The molecule has 1 heterocycles. The molecule has 0 aliphatic carbocycles. The van der Waals surface area contributed by atoms with Crippen LogP contribution in [0.1, 0.15) is 46.5 Å². The molecule has 2 N–H and O–H groups in total. The molecule has 1 saturated heterocycles. The van der Waals surface area contributed by atoms with Crippen molar-refractivity contribution >= 4 is 11.8 Å². The van der Waals surface area contributed by atoms with Crippen LogP contribution >= 0.6 is 0 Å². The summed E-state index contributed by atoms with van der Waals surface area (Å²) in [5.41, 5.74) is 0. The Morgan fingerprint density at radius 3 is 2.40 bits per heavy atom. The first-order valence-corrected chi connectivity index (χ1v) is 7.70. The van der Waals surface area contributed by atoms with Gasteiger partial charge >= 0.3 is 0 Å². The standard InChI is InChI=1S/C15H28N2O3/c1-4-13(18)5-8-16-14(19)12-6-9-17(10-7-12)15(20)11(2)3/h11-13,18H,4-10H2,1-3H3,(H,16,19). The highest BCUT2D eigenvalue weighted by Gasteiger charge is 2.27. The Kier molecular flexibility index (Phi) is 6.99. The van der Waals surface area contributed by atoms with Crippen molar-refractivity contribution in [1.29, 1.82) is 0 Å². The third kappa shape index (κ3) is 5.12. The van der Waals surface area contributed by atoms with Crippen molar-refractivity contribution in [2.24, 2.45) is 11.8 Å². The van der Waals surface area contributed by atoms with E-state index in [1.165, 1.54) is 0 Å². The van der Waals surface area contributed by atoms with Gasteiger partial charge in [0.05, 0.1) is 6.10 Å². The Hall–Kier alpha value is -1.10. The molecule has 0 aromatic carbocycles. The zero-order valence-corrected chi connectivity index (χ0v) is 12.9. The van der Waals surface area contributed by atoms with Crippen molar-refractivity contribution in [2.45, 2.75) is 52.6 Å². The third-order valence-corrected chi connectivity index (χ3v) is 3.92. The van der Waals surface area contributed by atoms with Gasteiger partial charge in [0.1, 0.15) is 0 Å². The molecule has 2 amide bonds. The lowest BCUT2D eigenvalue weighted by molar-refractivity contribution is -0.138. The predicted octanol–water partition coefficient (Wildman–Crippen LogP) is 1.16. The quantitative estimate of drug-likeness (QED) is 0.769. The number of hydrogen-bond acceptors (Lipinski definition) is 3. The fourth-order valence-corrected chi connectivity index (χ4v) is 2.44. The smallest absolute Gasteiger partial charge is 0.225 e. The average molecular weight is 284 g/mol. The van der Waals surface area contributed by atoms with E-state index >= 15 is 0 Å². The molecule has 1 fully saturated rings. The van der Waals surface area contributed by atoms with Crippen molar-refractivity contribution in [3.05, 3.63) is 0 Å². The van der Waals surface area contributed by atoms with Gasteiger partial charge in [0.25, 0.3) is 0 Å². The van der Waals surface area contributed by atoms with E-state index in [2.05, 4.69) is 5.32 Å². The number of rotatable bonds is 6. The number of nitrogens with zero attached hydrogens (tertiary/aromatic N) is 1. The molecule has 0 radical (unpaired) electrons. The molecular weight excluding hydrogens is 256 g/mol. The van der Waals surface area contributed by atoms with Gasteiger partial charge in [-0.2, -0.15) is 0 Å². The van der Waals surface area contributed by atoms with Crippen LogP contribution in [-0.4, -0.2) is 47.6 Å². The summed E-state index contributed by atoms with van der Waals surface area (Å²) in [6.45, 7) is 7.60. The molecule has 1 atom stereocenters. The molecule has 1 rings (SSSR count). The second-order valence-electron chi connectivity index (χ2n) is 5.90. The minimum atomic E-state index is -0.333. The fraction of sp³-hybridized carbons (Fsp3) is 0.867. The van der Waals surface area contributed by atoms with Gasteiger partial charge in [-0.3, -0.25) is 9.59 Å². The SMILES string of the molecule is CCC(O)CCNC(=O)C1CCN(C(=O)C(C)C)CC1. The normalized spacial score (nSPS) is 18.1. The molecular formula is C15H28N2O3. The lowest BCUT2D eigenvalue weighted by atomic mass is 9.95. The molecule has 1 aliphatic rings. The Bertz CT molecular complexity index is 323. The van der Waals surface area contributed by atoms with Crippen molar-refractivity contribution < 1.29 is 14.7 Å². The molecule has 5 heteroatoms. The number of amides is 2. The topological polar surface area (TPSA) is 69.6 Å². The van der Waals surface area contributed by atoms with E-state index in [0.717, 1.165) is 12.8 Å². The monoisotopic (exact) mass is 284 g/mol. The minimum Gasteiger partial charge on any atom is -0.393 e. The largest absolute Gasteiger partial charge is 0.393 e. The summed E-state index contributed by atoms with van der Waals surface area (Å²) >= 11 is 0. The molecule has 0 bridgehead atoms. The van der Waals surface area contributed by atoms with E-state index < -0.39 is 0 Å². The van der Waals surface area contributed by atoms with Crippen LogP contribution in [0, 0.1) is 11.8 Å². The maximum atomic E-state index is 12.0. The zero-order chi connectivity index (χ0) is 15.1. The summed E-state index contributed by atoms with van der Waals surface area (Å²) in [7, 11) is 0. The fourth-order valence-electron chi connectivity index (χ4n) is 2.44. The zero-order valence-electron chi connectivity index (χ0n) is 12.9. The molecule has 5 nitrogen and oxygen atoms in total. The summed E-state index contributed by atoms with van der Waals surface area (Å²) in [4.78, 5) is 25.7. The summed E-state index contributed by atoms with van der Waals surface area (Å²) < 4.78 is 0. The predicted molar refractivity (Wildman–Crippen MR) is 78.1 cm³/mol. The number of nitrogens with one attached hydrogen (secondary N) is 1. The molecule has 0 saturated carbocycles. The summed E-state index contributed by atoms with van der Waals surface area (Å²) in [6.07, 6.45) is 2.46. The van der Waals surface area contributed by atoms with Crippen molar-refractivity contribution in [3.8, 4) is 0 Å². The Morgan fingerprint density at radius 1 is 1.30 bits per heavy atom.